The van der Waals surface area contributed by atoms with E-state index < -0.39 is 5.82 Å². The largest absolute Gasteiger partial charge is 0.504 e. The van der Waals surface area contributed by atoms with Crippen molar-refractivity contribution in [2.24, 2.45) is 0 Å². The molecule has 0 amide bonds. The number of para-hydroxylation sites is 2. The van der Waals surface area contributed by atoms with Gasteiger partial charge in [-0.2, -0.15) is 0 Å². The first kappa shape index (κ1) is 15.8. The lowest BCUT2D eigenvalue weighted by Crippen LogP contribution is -1.99. The Morgan fingerprint density at radius 2 is 1.54 bits per heavy atom. The molecule has 5 heteroatoms. The number of phenolic OH excluding ortho intramolecular Hbond substituents is 1. The number of benzene rings is 3. The number of ether oxygens (including phenoxy) is 2. The molecule has 3 aromatic carbocycles. The van der Waals surface area contributed by atoms with Gasteiger partial charge in [-0.1, -0.05) is 12.1 Å². The van der Waals surface area contributed by atoms with Crippen molar-refractivity contribution in [3.8, 4) is 23.0 Å². The summed E-state index contributed by atoms with van der Waals surface area (Å²) >= 11 is 0. The number of aromatic hydroxyl groups is 1. The van der Waals surface area contributed by atoms with Gasteiger partial charge in [-0.15, -0.1) is 0 Å². The van der Waals surface area contributed by atoms with Gasteiger partial charge in [0.05, 0.1) is 0 Å². The zero-order valence-electron chi connectivity index (χ0n) is 12.6. The third-order valence-electron chi connectivity index (χ3n) is 3.31. The molecule has 3 nitrogen and oxygen atoms in total. The quantitative estimate of drug-likeness (QED) is 0.713. The molecular formula is C19H14F2O3. The minimum Gasteiger partial charge on any atom is -0.504 e. The first-order chi connectivity index (χ1) is 11.6. The highest BCUT2D eigenvalue weighted by atomic mass is 19.1. The van der Waals surface area contributed by atoms with Crippen molar-refractivity contribution < 1.29 is 23.4 Å². The molecule has 0 aliphatic heterocycles. The average Bonchev–Trinajstić information content (AvgIpc) is 2.58. The molecule has 0 bridgehead atoms. The summed E-state index contributed by atoms with van der Waals surface area (Å²) in [6, 6.07) is 16.2. The minimum atomic E-state index is -0.447. The molecule has 0 unspecified atom stereocenters. The normalized spacial score (nSPS) is 10.4. The van der Waals surface area contributed by atoms with Crippen molar-refractivity contribution in [2.75, 3.05) is 0 Å². The molecule has 0 heterocycles. The fourth-order valence-electron chi connectivity index (χ4n) is 2.10. The molecule has 24 heavy (non-hydrogen) atoms. The lowest BCUT2D eigenvalue weighted by molar-refractivity contribution is 0.283. The Balaban J connectivity index is 1.74. The van der Waals surface area contributed by atoms with E-state index in [-0.39, 0.29) is 29.5 Å². The van der Waals surface area contributed by atoms with Crippen LogP contribution < -0.4 is 9.47 Å². The van der Waals surface area contributed by atoms with Gasteiger partial charge >= 0.3 is 0 Å². The summed E-state index contributed by atoms with van der Waals surface area (Å²) in [5.41, 5.74) is 0.276. The molecular weight excluding hydrogens is 314 g/mol. The Labute approximate surface area is 137 Å². The van der Waals surface area contributed by atoms with Crippen LogP contribution in [0.15, 0.2) is 66.7 Å². The maximum atomic E-state index is 13.9. The first-order valence-corrected chi connectivity index (χ1v) is 7.24. The first-order valence-electron chi connectivity index (χ1n) is 7.24. The van der Waals surface area contributed by atoms with Gasteiger partial charge in [-0.3, -0.25) is 0 Å². The van der Waals surface area contributed by atoms with Crippen LogP contribution in [0.5, 0.6) is 23.0 Å². The van der Waals surface area contributed by atoms with Crippen LogP contribution in [0.25, 0.3) is 0 Å². The topological polar surface area (TPSA) is 38.7 Å². The lowest BCUT2D eigenvalue weighted by atomic mass is 10.2. The molecule has 3 rings (SSSR count). The van der Waals surface area contributed by atoms with E-state index in [0.29, 0.717) is 11.5 Å². The fourth-order valence-corrected chi connectivity index (χ4v) is 2.10. The van der Waals surface area contributed by atoms with E-state index in [1.807, 2.05) is 0 Å². The van der Waals surface area contributed by atoms with Crippen LogP contribution in [0.1, 0.15) is 5.56 Å². The molecule has 0 aromatic heterocycles. The summed E-state index contributed by atoms with van der Waals surface area (Å²) in [6.07, 6.45) is 0. The van der Waals surface area contributed by atoms with Crippen molar-refractivity contribution in [3.05, 3.63) is 83.9 Å². The summed E-state index contributed by atoms with van der Waals surface area (Å²) in [6.45, 7) is -0.0655. The van der Waals surface area contributed by atoms with Crippen LogP contribution >= 0.6 is 0 Å². The summed E-state index contributed by atoms with van der Waals surface area (Å²) < 4.78 is 37.8. The Hall–Kier alpha value is -3.08. The Morgan fingerprint density at radius 1 is 0.833 bits per heavy atom. The zero-order chi connectivity index (χ0) is 16.9. The highest BCUT2D eigenvalue weighted by Gasteiger charge is 2.08. The van der Waals surface area contributed by atoms with E-state index >= 15 is 0 Å². The van der Waals surface area contributed by atoms with E-state index in [4.69, 9.17) is 9.47 Å². The molecule has 0 atom stereocenters. The number of phenols is 1. The van der Waals surface area contributed by atoms with Crippen molar-refractivity contribution in [3.63, 3.8) is 0 Å². The number of hydrogen-bond acceptors (Lipinski definition) is 3. The van der Waals surface area contributed by atoms with Gasteiger partial charge in [0.25, 0.3) is 0 Å². The Morgan fingerprint density at radius 3 is 2.29 bits per heavy atom. The van der Waals surface area contributed by atoms with Gasteiger partial charge in [0.2, 0.25) is 0 Å². The van der Waals surface area contributed by atoms with Gasteiger partial charge in [-0.25, -0.2) is 8.78 Å². The second-order valence-electron chi connectivity index (χ2n) is 5.07. The van der Waals surface area contributed by atoms with Crippen LogP contribution in [0.4, 0.5) is 8.78 Å². The smallest absolute Gasteiger partial charge is 0.161 e. The predicted molar refractivity (Wildman–Crippen MR) is 85.3 cm³/mol. The Kier molecular flexibility index (Phi) is 4.61. The van der Waals surface area contributed by atoms with Gasteiger partial charge < -0.3 is 14.6 Å². The average molecular weight is 328 g/mol. The van der Waals surface area contributed by atoms with E-state index in [1.165, 1.54) is 48.5 Å². The van der Waals surface area contributed by atoms with Crippen LogP contribution in [0.3, 0.4) is 0 Å². The van der Waals surface area contributed by atoms with Gasteiger partial charge in [0.15, 0.2) is 11.5 Å². The van der Waals surface area contributed by atoms with E-state index in [0.717, 1.165) is 0 Å². The predicted octanol–water partition coefficient (Wildman–Crippen LogP) is 5.04. The molecule has 0 saturated heterocycles. The second-order valence-corrected chi connectivity index (χ2v) is 5.07. The van der Waals surface area contributed by atoms with Crippen LogP contribution in [0, 0.1) is 11.6 Å². The Bertz CT molecular complexity index is 832. The van der Waals surface area contributed by atoms with Crippen molar-refractivity contribution >= 4 is 0 Å². The fraction of sp³-hybridized carbons (Fsp3) is 0.0526. The van der Waals surface area contributed by atoms with Gasteiger partial charge in [-0.05, 0) is 54.6 Å². The number of rotatable bonds is 5. The highest BCUT2D eigenvalue weighted by Crippen LogP contribution is 2.28. The molecule has 0 radical (unpaired) electrons. The molecule has 3 aromatic rings. The number of hydrogen-bond donors (Lipinski definition) is 1. The summed E-state index contributed by atoms with van der Waals surface area (Å²) in [5, 5.41) is 9.66. The van der Waals surface area contributed by atoms with Gasteiger partial charge in [0.1, 0.15) is 29.7 Å². The van der Waals surface area contributed by atoms with Crippen LogP contribution in [0.2, 0.25) is 0 Å². The standard InChI is InChI=1S/C19H14F2O3/c20-14-5-7-15(8-6-14)24-16-9-10-17(21)13(11-16)12-23-19-4-2-1-3-18(19)22/h1-11,22H,12H2. The highest BCUT2D eigenvalue weighted by molar-refractivity contribution is 5.39. The molecule has 0 saturated carbocycles. The summed E-state index contributed by atoms with van der Waals surface area (Å²) in [4.78, 5) is 0. The molecule has 0 spiro atoms. The lowest BCUT2D eigenvalue weighted by Gasteiger charge is -2.11. The SMILES string of the molecule is Oc1ccccc1OCc1cc(Oc2ccc(F)cc2)ccc1F. The number of halogens is 2. The maximum Gasteiger partial charge on any atom is 0.161 e. The van der Waals surface area contributed by atoms with Crippen molar-refractivity contribution in [1.29, 1.82) is 0 Å². The monoisotopic (exact) mass is 328 g/mol. The second kappa shape index (κ2) is 7.00. The molecule has 0 aliphatic carbocycles. The van der Waals surface area contributed by atoms with Crippen LogP contribution in [-0.4, -0.2) is 5.11 Å². The van der Waals surface area contributed by atoms with E-state index in [9.17, 15) is 13.9 Å². The van der Waals surface area contributed by atoms with Gasteiger partial charge in [0, 0.05) is 5.56 Å². The third-order valence-corrected chi connectivity index (χ3v) is 3.31. The van der Waals surface area contributed by atoms with Crippen molar-refractivity contribution in [1.82, 2.24) is 0 Å². The van der Waals surface area contributed by atoms with Crippen LogP contribution in [-0.2, 0) is 6.61 Å². The molecule has 1 N–H and O–H groups in total. The van der Waals surface area contributed by atoms with E-state index in [2.05, 4.69) is 0 Å². The van der Waals surface area contributed by atoms with Crippen molar-refractivity contribution in [2.45, 2.75) is 6.61 Å². The maximum absolute atomic E-state index is 13.9. The molecule has 0 fully saturated rings. The molecule has 0 aliphatic rings. The molecule has 122 valence electrons. The van der Waals surface area contributed by atoms with E-state index in [1.54, 1.807) is 18.2 Å². The third kappa shape index (κ3) is 3.81. The summed E-state index contributed by atoms with van der Waals surface area (Å²) in [7, 11) is 0. The summed E-state index contributed by atoms with van der Waals surface area (Å²) in [5.74, 6) is 0.281. The minimum absolute atomic E-state index is 0.0170. The zero-order valence-corrected chi connectivity index (χ0v) is 12.6.